The average molecular weight is 178 g/mol. The van der Waals surface area contributed by atoms with Crippen molar-refractivity contribution in [2.24, 2.45) is 5.73 Å². The minimum absolute atomic E-state index is 0.630. The number of thiophene rings is 1. The van der Waals surface area contributed by atoms with Gasteiger partial charge in [-0.05, 0) is 18.6 Å². The summed E-state index contributed by atoms with van der Waals surface area (Å²) in [5.74, 6) is 0. The van der Waals surface area contributed by atoms with E-state index >= 15 is 0 Å². The van der Waals surface area contributed by atoms with E-state index in [0.29, 0.717) is 6.54 Å². The predicted molar refractivity (Wildman–Crippen MR) is 52.2 cm³/mol. The number of nitrogens with zero attached hydrogens (tertiary/aromatic N) is 1. The molecule has 2 nitrogen and oxygen atoms in total. The highest BCUT2D eigenvalue weighted by Crippen LogP contribution is 2.29. The highest BCUT2D eigenvalue weighted by Gasteiger charge is 2.05. The summed E-state index contributed by atoms with van der Waals surface area (Å²) >= 11 is 1.76. The van der Waals surface area contributed by atoms with Crippen molar-refractivity contribution in [1.82, 2.24) is 4.98 Å². The Balaban J connectivity index is 2.78. The van der Waals surface area contributed by atoms with E-state index in [9.17, 15) is 0 Å². The van der Waals surface area contributed by atoms with Crippen LogP contribution in [-0.2, 0) is 6.54 Å². The zero-order valence-electron chi connectivity index (χ0n) is 6.87. The Labute approximate surface area is 75.0 Å². The maximum Gasteiger partial charge on any atom is 0.0379 e. The molecular weight excluding hydrogens is 168 g/mol. The quantitative estimate of drug-likeness (QED) is 0.726. The van der Waals surface area contributed by atoms with Gasteiger partial charge in [-0.15, -0.1) is 11.3 Å². The summed E-state index contributed by atoms with van der Waals surface area (Å²) in [7, 11) is 0. The summed E-state index contributed by atoms with van der Waals surface area (Å²) in [6, 6.07) is 2.03. The van der Waals surface area contributed by atoms with Crippen LogP contribution in [0.25, 0.3) is 10.1 Å². The van der Waals surface area contributed by atoms with Crippen molar-refractivity contribution in [2.45, 2.75) is 13.5 Å². The van der Waals surface area contributed by atoms with Crippen LogP contribution in [0, 0.1) is 6.92 Å². The number of rotatable bonds is 1. The Morgan fingerprint density at radius 2 is 2.42 bits per heavy atom. The lowest BCUT2D eigenvalue weighted by atomic mass is 10.2. The van der Waals surface area contributed by atoms with Crippen LogP contribution in [0.3, 0.4) is 0 Å². The highest BCUT2D eigenvalue weighted by molar-refractivity contribution is 7.19. The van der Waals surface area contributed by atoms with Crippen LogP contribution in [-0.4, -0.2) is 4.98 Å². The van der Waals surface area contributed by atoms with Crippen LogP contribution < -0.4 is 5.73 Å². The third-order valence-electron chi connectivity index (χ3n) is 2.02. The zero-order valence-corrected chi connectivity index (χ0v) is 7.69. The van der Waals surface area contributed by atoms with Gasteiger partial charge in [-0.25, -0.2) is 0 Å². The van der Waals surface area contributed by atoms with Gasteiger partial charge in [-0.3, -0.25) is 4.98 Å². The maximum absolute atomic E-state index is 5.60. The molecule has 0 bridgehead atoms. The molecule has 0 aliphatic carbocycles. The lowest BCUT2D eigenvalue weighted by molar-refractivity contribution is 1.09. The number of aryl methyl sites for hydroxylation is 1. The number of pyridine rings is 1. The van der Waals surface area contributed by atoms with E-state index in [2.05, 4.69) is 11.9 Å². The lowest BCUT2D eigenvalue weighted by Crippen LogP contribution is -1.94. The number of fused-ring (bicyclic) bond motifs is 1. The van der Waals surface area contributed by atoms with Gasteiger partial charge in [-0.1, -0.05) is 0 Å². The molecule has 0 aromatic carbocycles. The summed E-state index contributed by atoms with van der Waals surface area (Å²) < 4.78 is 1.28. The minimum atomic E-state index is 0.630. The second-order valence-corrected chi connectivity index (χ2v) is 3.86. The first-order valence-electron chi connectivity index (χ1n) is 3.85. The van der Waals surface area contributed by atoms with Crippen LogP contribution in [0.4, 0.5) is 0 Å². The molecule has 2 rings (SSSR count). The lowest BCUT2D eigenvalue weighted by Gasteiger charge is -1.91. The first-order valence-corrected chi connectivity index (χ1v) is 4.66. The smallest absolute Gasteiger partial charge is 0.0379 e. The van der Waals surface area contributed by atoms with Gasteiger partial charge < -0.3 is 5.73 Å². The van der Waals surface area contributed by atoms with Crippen LogP contribution in [0.15, 0.2) is 18.5 Å². The fourth-order valence-electron chi connectivity index (χ4n) is 1.31. The zero-order chi connectivity index (χ0) is 8.55. The fourth-order valence-corrected chi connectivity index (χ4v) is 2.36. The van der Waals surface area contributed by atoms with Crippen molar-refractivity contribution in [1.29, 1.82) is 0 Å². The Hall–Kier alpha value is -0.930. The second kappa shape index (κ2) is 2.84. The number of nitrogens with two attached hydrogens (primary N) is 1. The highest BCUT2D eigenvalue weighted by atomic mass is 32.1. The molecular formula is C9H10N2S. The van der Waals surface area contributed by atoms with E-state index in [1.807, 2.05) is 18.5 Å². The monoisotopic (exact) mass is 178 g/mol. The standard InChI is InChI=1S/C9H10N2S/c1-6-7-5-11-3-2-8(7)12-9(6)4-10/h2-3,5H,4,10H2,1H3. The molecule has 0 spiro atoms. The van der Waals surface area contributed by atoms with Crippen molar-refractivity contribution in [3.8, 4) is 0 Å². The largest absolute Gasteiger partial charge is 0.326 e. The molecule has 2 aromatic rings. The summed E-state index contributed by atoms with van der Waals surface area (Å²) in [6.07, 6.45) is 3.72. The Morgan fingerprint density at radius 3 is 3.08 bits per heavy atom. The van der Waals surface area contributed by atoms with Gasteiger partial charge in [-0.2, -0.15) is 0 Å². The number of hydrogen-bond acceptors (Lipinski definition) is 3. The van der Waals surface area contributed by atoms with E-state index < -0.39 is 0 Å². The second-order valence-electron chi connectivity index (χ2n) is 2.73. The third-order valence-corrected chi connectivity index (χ3v) is 3.32. The fraction of sp³-hybridized carbons (Fsp3) is 0.222. The summed E-state index contributed by atoms with van der Waals surface area (Å²) in [5.41, 5.74) is 6.89. The molecule has 0 fully saturated rings. The summed E-state index contributed by atoms with van der Waals surface area (Å²) in [6.45, 7) is 2.73. The van der Waals surface area contributed by atoms with Crippen LogP contribution in [0.1, 0.15) is 10.4 Å². The summed E-state index contributed by atoms with van der Waals surface area (Å²) in [5, 5.41) is 1.24. The molecule has 12 heavy (non-hydrogen) atoms. The van der Waals surface area contributed by atoms with E-state index in [1.54, 1.807) is 11.3 Å². The number of hydrogen-bond donors (Lipinski definition) is 1. The molecule has 2 N–H and O–H groups in total. The van der Waals surface area contributed by atoms with Crippen LogP contribution >= 0.6 is 11.3 Å². The number of aromatic nitrogens is 1. The van der Waals surface area contributed by atoms with Gasteiger partial charge in [0.05, 0.1) is 0 Å². The Morgan fingerprint density at radius 1 is 1.58 bits per heavy atom. The maximum atomic E-state index is 5.60. The van der Waals surface area contributed by atoms with Crippen LogP contribution in [0.2, 0.25) is 0 Å². The van der Waals surface area contributed by atoms with E-state index in [0.717, 1.165) is 0 Å². The van der Waals surface area contributed by atoms with Crippen molar-refractivity contribution in [2.75, 3.05) is 0 Å². The minimum Gasteiger partial charge on any atom is -0.326 e. The molecule has 62 valence electrons. The molecule has 0 amide bonds. The third kappa shape index (κ3) is 1.02. The molecule has 2 aromatic heterocycles. The Kier molecular flexibility index (Phi) is 1.83. The van der Waals surface area contributed by atoms with Gasteiger partial charge in [0.2, 0.25) is 0 Å². The van der Waals surface area contributed by atoms with Gasteiger partial charge >= 0.3 is 0 Å². The average Bonchev–Trinajstić information content (AvgIpc) is 2.44. The van der Waals surface area contributed by atoms with Crippen molar-refractivity contribution < 1.29 is 0 Å². The Bertz CT molecular complexity index is 406. The predicted octanol–water partition coefficient (Wildman–Crippen LogP) is 2.06. The van der Waals surface area contributed by atoms with Gasteiger partial charge in [0.15, 0.2) is 0 Å². The molecule has 0 unspecified atom stereocenters. The van der Waals surface area contributed by atoms with E-state index in [4.69, 9.17) is 5.73 Å². The molecule has 0 saturated carbocycles. The normalized spacial score (nSPS) is 10.8. The molecule has 2 heterocycles. The SMILES string of the molecule is Cc1c(CN)sc2ccncc12. The molecule has 0 aliphatic rings. The van der Waals surface area contributed by atoms with Gasteiger partial charge in [0.25, 0.3) is 0 Å². The van der Waals surface area contributed by atoms with Crippen molar-refractivity contribution >= 4 is 21.4 Å². The van der Waals surface area contributed by atoms with Crippen molar-refractivity contribution in [3.63, 3.8) is 0 Å². The van der Waals surface area contributed by atoms with Crippen molar-refractivity contribution in [3.05, 3.63) is 28.9 Å². The molecule has 0 saturated heterocycles. The molecule has 0 atom stereocenters. The summed E-state index contributed by atoms with van der Waals surface area (Å²) in [4.78, 5) is 5.35. The first-order chi connectivity index (χ1) is 5.83. The molecule has 0 aliphatic heterocycles. The first kappa shape index (κ1) is 7.71. The van der Waals surface area contributed by atoms with E-state index in [-0.39, 0.29) is 0 Å². The van der Waals surface area contributed by atoms with Gasteiger partial charge in [0, 0.05) is 33.9 Å². The van der Waals surface area contributed by atoms with Gasteiger partial charge in [0.1, 0.15) is 0 Å². The molecule has 0 radical (unpaired) electrons. The van der Waals surface area contributed by atoms with E-state index in [1.165, 1.54) is 20.5 Å². The van der Waals surface area contributed by atoms with Crippen LogP contribution in [0.5, 0.6) is 0 Å². The topological polar surface area (TPSA) is 38.9 Å². The molecule has 3 heteroatoms.